The van der Waals surface area contributed by atoms with E-state index >= 15 is 0 Å². The summed E-state index contributed by atoms with van der Waals surface area (Å²) >= 11 is 0. The van der Waals surface area contributed by atoms with E-state index < -0.39 is 32.8 Å². The van der Waals surface area contributed by atoms with Crippen LogP contribution in [-0.2, 0) is 19.3 Å². The minimum absolute atomic E-state index is 0.0391. The molecule has 1 heterocycles. The van der Waals surface area contributed by atoms with Gasteiger partial charge in [-0.3, -0.25) is 14.5 Å². The summed E-state index contributed by atoms with van der Waals surface area (Å²) in [6, 6.07) is 5.64. The predicted octanol–water partition coefficient (Wildman–Crippen LogP) is 5.14. The highest BCUT2D eigenvalue weighted by Crippen LogP contribution is 2.64. The highest BCUT2D eigenvalue weighted by molar-refractivity contribution is 8.02. The van der Waals surface area contributed by atoms with Gasteiger partial charge in [0, 0.05) is 35.6 Å². The van der Waals surface area contributed by atoms with Gasteiger partial charge in [0.1, 0.15) is 5.82 Å². The topological polar surface area (TPSA) is 75.6 Å². The zero-order valence-corrected chi connectivity index (χ0v) is 19.6. The molecule has 0 bridgehead atoms. The van der Waals surface area contributed by atoms with Crippen LogP contribution in [0, 0.1) is 11.2 Å². The maximum absolute atomic E-state index is 14.8. The number of rotatable bonds is 5. The van der Waals surface area contributed by atoms with Crippen LogP contribution in [0.5, 0.6) is 0 Å². The summed E-state index contributed by atoms with van der Waals surface area (Å²) in [5.41, 5.74) is 3.89. The van der Waals surface area contributed by atoms with Crippen molar-refractivity contribution in [2.24, 2.45) is 10.4 Å². The molecule has 4 rings (SSSR count). The fourth-order valence-corrected chi connectivity index (χ4v) is 5.21. The fraction of sp³-hybridized carbons (Fsp3) is 0.308. The van der Waals surface area contributed by atoms with Crippen LogP contribution in [0.2, 0.25) is 0 Å². The van der Waals surface area contributed by atoms with Crippen molar-refractivity contribution < 1.29 is 27.0 Å². The van der Waals surface area contributed by atoms with Gasteiger partial charge >= 0.3 is 0 Å². The molecule has 5 nitrogen and oxygen atoms in total. The summed E-state index contributed by atoms with van der Waals surface area (Å²) in [4.78, 5) is 28.0. The molecule has 1 aliphatic heterocycles. The van der Waals surface area contributed by atoms with Crippen LogP contribution in [-0.4, -0.2) is 27.0 Å². The van der Waals surface area contributed by atoms with E-state index in [2.05, 4.69) is 22.0 Å². The summed E-state index contributed by atoms with van der Waals surface area (Å²) in [7, 11) is -3.55. The van der Waals surface area contributed by atoms with Gasteiger partial charge in [-0.15, -0.1) is 5.73 Å². The molecule has 9 heteroatoms. The molecule has 2 fully saturated rings. The molecule has 1 unspecified atom stereocenters. The van der Waals surface area contributed by atoms with Crippen molar-refractivity contribution in [3.63, 3.8) is 0 Å². The smallest absolute Gasteiger partial charge is 0.261 e. The maximum atomic E-state index is 14.8. The largest absolute Gasteiger partial charge is 0.269 e. The van der Waals surface area contributed by atoms with E-state index in [0.29, 0.717) is 35.3 Å². The Balaban J connectivity index is 1.79. The monoisotopic (exact) mass is 500 g/mol. The van der Waals surface area contributed by atoms with E-state index in [1.165, 1.54) is 23.6 Å². The van der Waals surface area contributed by atoms with Crippen molar-refractivity contribution >= 4 is 32.1 Å². The Hall–Kier alpha value is -3.38. The first-order valence-electron chi connectivity index (χ1n) is 11.1. The van der Waals surface area contributed by atoms with Crippen molar-refractivity contribution in [3.8, 4) is 0 Å². The number of nitrogens with one attached hydrogen (secondary N) is 1. The van der Waals surface area contributed by atoms with Crippen LogP contribution in [0.15, 0.2) is 76.5 Å². The first-order valence-corrected chi connectivity index (χ1v) is 12.7. The molecule has 1 aromatic carbocycles. The molecular formula is C26H23F3N2O3S. The number of benzene rings is 1. The zero-order valence-electron chi connectivity index (χ0n) is 18.8. The average Bonchev–Trinajstić information content (AvgIpc) is 3.06. The lowest BCUT2D eigenvalue weighted by atomic mass is 9.63. The van der Waals surface area contributed by atoms with Crippen LogP contribution in [0.25, 0.3) is 5.57 Å². The number of hydrogen-bond acceptors (Lipinski definition) is 4. The summed E-state index contributed by atoms with van der Waals surface area (Å²) < 4.78 is 57.3. The summed E-state index contributed by atoms with van der Waals surface area (Å²) in [6.07, 6.45) is 5.95. The molecule has 0 saturated heterocycles. The van der Waals surface area contributed by atoms with Crippen LogP contribution >= 0.6 is 0 Å². The second kappa shape index (κ2) is 9.34. The molecule has 2 aliphatic carbocycles. The predicted molar refractivity (Wildman–Crippen MR) is 129 cm³/mol. The molecule has 2 saturated carbocycles. The van der Waals surface area contributed by atoms with E-state index in [9.17, 15) is 27.0 Å². The van der Waals surface area contributed by atoms with Gasteiger partial charge in [0.25, 0.3) is 11.8 Å². The number of halogens is 3. The van der Waals surface area contributed by atoms with Gasteiger partial charge in [-0.25, -0.2) is 22.2 Å². The van der Waals surface area contributed by atoms with E-state index in [1.807, 2.05) is 0 Å². The standard InChI is InChI=1S/C26H23F3N2O3S/c1-2-35(34,17-32)31-24(33)19-5-3-6-22(18-7-9-21(27)10-8-18)23(30-16-19)15-20-11-14-26(28,29)25(20)12-4-13-25/h2-3,7-10,15-16H,1,4-5,11-14H2,(H,31,33,34)/b19-16+,20-15?,30-23?. The lowest BCUT2D eigenvalue weighted by Gasteiger charge is -2.44. The second-order valence-electron chi connectivity index (χ2n) is 8.69. The highest BCUT2D eigenvalue weighted by atomic mass is 32.2. The number of alkyl halides is 2. The molecule has 3 aliphatic rings. The van der Waals surface area contributed by atoms with Crippen molar-refractivity contribution in [1.82, 2.24) is 4.72 Å². The fourth-order valence-electron chi connectivity index (χ4n) is 4.61. The minimum Gasteiger partial charge on any atom is -0.269 e. The first kappa shape index (κ1) is 24.7. The van der Waals surface area contributed by atoms with Gasteiger partial charge in [-0.1, -0.05) is 30.7 Å². The number of carbonyl (C=O) groups excluding carboxylic acids is 2. The van der Waals surface area contributed by atoms with Crippen molar-refractivity contribution in [1.29, 1.82) is 0 Å². The third kappa shape index (κ3) is 4.63. The zero-order chi connectivity index (χ0) is 25.3. The Morgan fingerprint density at radius 1 is 1.23 bits per heavy atom. The van der Waals surface area contributed by atoms with Gasteiger partial charge in [-0.2, -0.15) is 0 Å². The third-order valence-electron chi connectivity index (χ3n) is 6.75. The maximum Gasteiger partial charge on any atom is 0.261 e. The van der Waals surface area contributed by atoms with Crippen LogP contribution < -0.4 is 4.72 Å². The van der Waals surface area contributed by atoms with Crippen molar-refractivity contribution in [2.45, 2.75) is 44.4 Å². The summed E-state index contributed by atoms with van der Waals surface area (Å²) in [5.74, 6) is -4.03. The Bertz CT molecular complexity index is 1380. The van der Waals surface area contributed by atoms with E-state index in [-0.39, 0.29) is 24.8 Å². The van der Waals surface area contributed by atoms with E-state index in [0.717, 1.165) is 11.8 Å². The Morgan fingerprint density at radius 3 is 2.54 bits per heavy atom. The van der Waals surface area contributed by atoms with Gasteiger partial charge in [0.15, 0.2) is 9.71 Å². The normalized spacial score (nSPS) is 24.5. The molecule has 182 valence electrons. The number of hydrogen-bond donors (Lipinski definition) is 1. The Morgan fingerprint density at radius 2 is 1.94 bits per heavy atom. The Labute approximate surface area is 201 Å². The molecule has 35 heavy (non-hydrogen) atoms. The molecule has 0 aromatic heterocycles. The first-order chi connectivity index (χ1) is 16.6. The number of allylic oxidation sites excluding steroid dienone is 3. The molecule has 1 aromatic rings. The van der Waals surface area contributed by atoms with Gasteiger partial charge in [-0.05, 0) is 49.1 Å². The van der Waals surface area contributed by atoms with Crippen molar-refractivity contribution in [3.05, 3.63) is 82.9 Å². The number of carbonyl (C=O) groups is 1. The van der Waals surface area contributed by atoms with Gasteiger partial charge in [0.05, 0.1) is 11.1 Å². The van der Waals surface area contributed by atoms with Gasteiger partial charge < -0.3 is 0 Å². The molecule has 1 N–H and O–H groups in total. The number of nitrogens with zero attached hydrogens (tertiary/aromatic N) is 1. The number of amides is 1. The van der Waals surface area contributed by atoms with E-state index in [4.69, 9.17) is 0 Å². The van der Waals surface area contributed by atoms with Crippen LogP contribution in [0.1, 0.15) is 44.1 Å². The van der Waals surface area contributed by atoms with E-state index in [1.54, 1.807) is 24.3 Å². The van der Waals surface area contributed by atoms with Gasteiger partial charge in [0.2, 0.25) is 5.23 Å². The van der Waals surface area contributed by atoms with Crippen LogP contribution in [0.4, 0.5) is 13.2 Å². The Kier molecular flexibility index (Phi) is 6.60. The average molecular weight is 501 g/mol. The summed E-state index contributed by atoms with van der Waals surface area (Å²) in [5, 5.41) is 2.08. The molecule has 0 radical (unpaired) electrons. The molecule has 1 spiro atoms. The highest BCUT2D eigenvalue weighted by Gasteiger charge is 2.62. The molecular weight excluding hydrogens is 477 g/mol. The SMILES string of the molecule is C=CS(=O)(=C=O)NC(=O)/C1=C/N=C(C=C2CCC(F)(F)C23CCC3)C(c2ccc(F)cc2)=C=CC1. The number of aliphatic imine (C=N–C) groups is 1. The molecule has 1 atom stereocenters. The second-order valence-corrected chi connectivity index (χ2v) is 10.6. The lowest BCUT2D eigenvalue weighted by molar-refractivity contribution is -0.121. The minimum atomic E-state index is -3.55. The van der Waals surface area contributed by atoms with Crippen molar-refractivity contribution in [2.75, 3.05) is 0 Å². The lowest BCUT2D eigenvalue weighted by Crippen LogP contribution is -2.43. The molecule has 1 amide bonds. The quantitative estimate of drug-likeness (QED) is 0.449. The third-order valence-corrected chi connectivity index (χ3v) is 7.96. The van der Waals surface area contributed by atoms with Crippen LogP contribution in [0.3, 0.4) is 0 Å². The summed E-state index contributed by atoms with van der Waals surface area (Å²) in [6.45, 7) is 3.27.